The van der Waals surface area contributed by atoms with Crippen molar-refractivity contribution in [3.05, 3.63) is 41.7 Å². The number of aromatic amines is 1. The second-order valence-corrected chi connectivity index (χ2v) is 4.04. The van der Waals surface area contributed by atoms with Gasteiger partial charge in [0, 0.05) is 18.0 Å². The van der Waals surface area contributed by atoms with Gasteiger partial charge in [-0.05, 0) is 25.1 Å². The van der Waals surface area contributed by atoms with Crippen LogP contribution in [0, 0.1) is 6.92 Å². The van der Waals surface area contributed by atoms with Crippen LogP contribution in [0.5, 0.6) is 11.5 Å². The van der Waals surface area contributed by atoms with Gasteiger partial charge in [0.1, 0.15) is 11.5 Å². The summed E-state index contributed by atoms with van der Waals surface area (Å²) >= 11 is 0. The van der Waals surface area contributed by atoms with E-state index in [2.05, 4.69) is 10.3 Å². The molecule has 0 atom stereocenters. The first-order valence-corrected chi connectivity index (χ1v) is 5.83. The highest BCUT2D eigenvalue weighted by Crippen LogP contribution is 2.29. The summed E-state index contributed by atoms with van der Waals surface area (Å²) in [6, 6.07) is 6.97. The highest BCUT2D eigenvalue weighted by molar-refractivity contribution is 6.05. The van der Waals surface area contributed by atoms with Gasteiger partial charge in [-0.2, -0.15) is 0 Å². The normalized spacial score (nSPS) is 10.1. The summed E-state index contributed by atoms with van der Waals surface area (Å²) in [5, 5.41) is 2.82. The lowest BCUT2D eigenvalue weighted by Gasteiger charge is -2.11. The van der Waals surface area contributed by atoms with Gasteiger partial charge in [-0.25, -0.2) is 0 Å². The minimum Gasteiger partial charge on any atom is -0.497 e. The Hall–Kier alpha value is -2.43. The Kier molecular flexibility index (Phi) is 3.75. The summed E-state index contributed by atoms with van der Waals surface area (Å²) < 4.78 is 10.3. The van der Waals surface area contributed by atoms with E-state index in [0.717, 1.165) is 5.69 Å². The van der Waals surface area contributed by atoms with E-state index in [1.54, 1.807) is 44.7 Å². The molecule has 0 aliphatic rings. The SMILES string of the molecule is COc1ccc(NC(=O)c2cc[nH]c2C)c(OC)c1. The van der Waals surface area contributed by atoms with Crippen LogP contribution in [-0.2, 0) is 0 Å². The minimum atomic E-state index is -0.179. The average molecular weight is 260 g/mol. The third kappa shape index (κ3) is 2.70. The van der Waals surface area contributed by atoms with E-state index in [1.165, 1.54) is 0 Å². The average Bonchev–Trinajstić information content (AvgIpc) is 2.85. The van der Waals surface area contributed by atoms with Crippen molar-refractivity contribution < 1.29 is 14.3 Å². The predicted octanol–water partition coefficient (Wildman–Crippen LogP) is 2.59. The van der Waals surface area contributed by atoms with Crippen molar-refractivity contribution in [1.82, 2.24) is 4.98 Å². The fraction of sp³-hybridized carbons (Fsp3) is 0.214. The monoisotopic (exact) mass is 260 g/mol. The maximum absolute atomic E-state index is 12.1. The van der Waals surface area contributed by atoms with Gasteiger partial charge >= 0.3 is 0 Å². The summed E-state index contributed by atoms with van der Waals surface area (Å²) in [6.45, 7) is 1.85. The molecule has 5 nitrogen and oxygen atoms in total. The number of aromatic nitrogens is 1. The lowest BCUT2D eigenvalue weighted by Crippen LogP contribution is -2.13. The zero-order valence-corrected chi connectivity index (χ0v) is 11.1. The first kappa shape index (κ1) is 13.0. The summed E-state index contributed by atoms with van der Waals surface area (Å²) in [5.41, 5.74) is 2.04. The number of nitrogens with one attached hydrogen (secondary N) is 2. The number of methoxy groups -OCH3 is 2. The molecule has 0 saturated heterocycles. The number of hydrogen-bond donors (Lipinski definition) is 2. The Bertz CT molecular complexity index is 590. The largest absolute Gasteiger partial charge is 0.497 e. The summed E-state index contributed by atoms with van der Waals surface area (Å²) in [5.74, 6) is 1.05. The van der Waals surface area contributed by atoms with Gasteiger partial charge in [0.25, 0.3) is 5.91 Å². The number of H-pyrrole nitrogens is 1. The van der Waals surface area contributed by atoms with Crippen LogP contribution in [0.3, 0.4) is 0 Å². The molecule has 0 saturated carbocycles. The van der Waals surface area contributed by atoms with Gasteiger partial charge in [0.15, 0.2) is 0 Å². The highest BCUT2D eigenvalue weighted by Gasteiger charge is 2.13. The number of carbonyl (C=O) groups excluding carboxylic acids is 1. The number of carbonyl (C=O) groups is 1. The first-order chi connectivity index (χ1) is 9.15. The lowest BCUT2D eigenvalue weighted by molar-refractivity contribution is 0.102. The van der Waals surface area contributed by atoms with E-state index in [9.17, 15) is 4.79 Å². The van der Waals surface area contributed by atoms with Crippen molar-refractivity contribution >= 4 is 11.6 Å². The Morgan fingerprint density at radius 2 is 2.00 bits per heavy atom. The fourth-order valence-electron chi connectivity index (χ4n) is 1.79. The minimum absolute atomic E-state index is 0.179. The Labute approximate surface area is 111 Å². The predicted molar refractivity (Wildman–Crippen MR) is 73.0 cm³/mol. The number of hydrogen-bond acceptors (Lipinski definition) is 3. The van der Waals surface area contributed by atoms with Gasteiger partial charge in [0.05, 0.1) is 25.5 Å². The van der Waals surface area contributed by atoms with Crippen molar-refractivity contribution in [2.24, 2.45) is 0 Å². The number of anilines is 1. The van der Waals surface area contributed by atoms with E-state index in [0.29, 0.717) is 22.7 Å². The Morgan fingerprint density at radius 1 is 1.21 bits per heavy atom. The molecular formula is C14H16N2O3. The summed E-state index contributed by atoms with van der Waals surface area (Å²) in [4.78, 5) is 15.1. The van der Waals surface area contributed by atoms with Crippen molar-refractivity contribution in [2.75, 3.05) is 19.5 Å². The lowest BCUT2D eigenvalue weighted by atomic mass is 10.2. The van der Waals surface area contributed by atoms with Gasteiger partial charge < -0.3 is 19.8 Å². The molecule has 1 aromatic heterocycles. The maximum Gasteiger partial charge on any atom is 0.257 e. The van der Waals surface area contributed by atoms with Crippen LogP contribution in [-0.4, -0.2) is 25.1 Å². The van der Waals surface area contributed by atoms with E-state index in [1.807, 2.05) is 6.92 Å². The molecule has 2 rings (SSSR count). The van der Waals surface area contributed by atoms with Gasteiger partial charge in [0.2, 0.25) is 0 Å². The molecule has 19 heavy (non-hydrogen) atoms. The molecule has 2 aromatic rings. The van der Waals surface area contributed by atoms with Crippen LogP contribution in [0.4, 0.5) is 5.69 Å². The van der Waals surface area contributed by atoms with E-state index in [4.69, 9.17) is 9.47 Å². The third-order valence-corrected chi connectivity index (χ3v) is 2.86. The molecule has 100 valence electrons. The van der Waals surface area contributed by atoms with Crippen molar-refractivity contribution in [3.63, 3.8) is 0 Å². The van der Waals surface area contributed by atoms with Gasteiger partial charge in [-0.1, -0.05) is 0 Å². The molecule has 0 unspecified atom stereocenters. The van der Waals surface area contributed by atoms with E-state index < -0.39 is 0 Å². The van der Waals surface area contributed by atoms with Gasteiger partial charge in [-0.15, -0.1) is 0 Å². The second-order valence-electron chi connectivity index (χ2n) is 4.04. The quantitative estimate of drug-likeness (QED) is 0.888. The van der Waals surface area contributed by atoms with Crippen molar-refractivity contribution in [3.8, 4) is 11.5 Å². The van der Waals surface area contributed by atoms with Crippen LogP contribution >= 0.6 is 0 Å². The number of ether oxygens (including phenoxy) is 2. The molecule has 0 radical (unpaired) electrons. The number of aryl methyl sites for hydroxylation is 1. The van der Waals surface area contributed by atoms with Crippen LogP contribution < -0.4 is 14.8 Å². The summed E-state index contributed by atoms with van der Waals surface area (Å²) in [6.07, 6.45) is 1.73. The number of rotatable bonds is 4. The maximum atomic E-state index is 12.1. The molecule has 0 fully saturated rings. The molecule has 0 aliphatic carbocycles. The smallest absolute Gasteiger partial charge is 0.257 e. The molecule has 2 N–H and O–H groups in total. The third-order valence-electron chi connectivity index (χ3n) is 2.86. The van der Waals surface area contributed by atoms with E-state index in [-0.39, 0.29) is 5.91 Å². The van der Waals surface area contributed by atoms with Crippen LogP contribution in [0.25, 0.3) is 0 Å². The summed E-state index contributed by atoms with van der Waals surface area (Å²) in [7, 11) is 3.13. The van der Waals surface area contributed by atoms with Gasteiger partial charge in [-0.3, -0.25) is 4.79 Å². The fourth-order valence-corrected chi connectivity index (χ4v) is 1.79. The Balaban J connectivity index is 2.24. The highest BCUT2D eigenvalue weighted by atomic mass is 16.5. The molecule has 1 aromatic carbocycles. The topological polar surface area (TPSA) is 63.3 Å². The number of benzene rings is 1. The second kappa shape index (κ2) is 5.48. The molecular weight excluding hydrogens is 244 g/mol. The zero-order valence-electron chi connectivity index (χ0n) is 11.1. The van der Waals surface area contributed by atoms with Crippen molar-refractivity contribution in [2.45, 2.75) is 6.92 Å². The van der Waals surface area contributed by atoms with Crippen molar-refractivity contribution in [1.29, 1.82) is 0 Å². The first-order valence-electron chi connectivity index (χ1n) is 5.83. The molecule has 5 heteroatoms. The number of amides is 1. The Morgan fingerprint density at radius 3 is 2.58 bits per heavy atom. The van der Waals surface area contributed by atoms with Crippen LogP contribution in [0.2, 0.25) is 0 Å². The molecule has 0 spiro atoms. The zero-order chi connectivity index (χ0) is 13.8. The van der Waals surface area contributed by atoms with Crippen LogP contribution in [0.1, 0.15) is 16.1 Å². The standard InChI is InChI=1S/C14H16N2O3/c1-9-11(6-7-15-9)14(17)16-12-5-4-10(18-2)8-13(12)19-3/h4-8,15H,1-3H3,(H,16,17). The molecule has 0 aliphatic heterocycles. The molecule has 1 amide bonds. The molecule has 1 heterocycles. The van der Waals surface area contributed by atoms with Crippen LogP contribution in [0.15, 0.2) is 30.5 Å². The molecule has 0 bridgehead atoms. The van der Waals surface area contributed by atoms with E-state index >= 15 is 0 Å².